The molecule has 94 valence electrons. The number of hydrogen-bond donors (Lipinski definition) is 2. The van der Waals surface area contributed by atoms with Gasteiger partial charge < -0.3 is 10.2 Å². The van der Waals surface area contributed by atoms with Gasteiger partial charge in [0.05, 0.1) is 5.92 Å². The zero-order valence-corrected chi connectivity index (χ0v) is 10.4. The number of carboxylic acid groups (broad SMARTS) is 2. The molecule has 4 heteroatoms. The van der Waals surface area contributed by atoms with Crippen LogP contribution in [0, 0.1) is 11.3 Å². The largest absolute Gasteiger partial charge is 0.481 e. The lowest BCUT2D eigenvalue weighted by Crippen LogP contribution is -2.40. The van der Waals surface area contributed by atoms with Gasteiger partial charge >= 0.3 is 11.9 Å². The Morgan fingerprint density at radius 3 is 2.18 bits per heavy atom. The smallest absolute Gasteiger partial charge is 0.332 e. The average Bonchev–Trinajstić information content (AvgIpc) is 2.28. The van der Waals surface area contributed by atoms with Crippen molar-refractivity contribution in [2.45, 2.75) is 33.6 Å². The predicted molar refractivity (Wildman–Crippen MR) is 63.6 cm³/mol. The van der Waals surface area contributed by atoms with Crippen LogP contribution in [0.5, 0.6) is 0 Å². The molecule has 1 rings (SSSR count). The summed E-state index contributed by atoms with van der Waals surface area (Å²) in [6.07, 6.45) is 4.25. The summed E-state index contributed by atoms with van der Waals surface area (Å²) < 4.78 is 0. The van der Waals surface area contributed by atoms with Crippen molar-refractivity contribution in [1.82, 2.24) is 0 Å². The van der Waals surface area contributed by atoms with Crippen LogP contribution in [-0.4, -0.2) is 22.2 Å². The molecule has 0 aliphatic heterocycles. The molecular formula is C13H18O4. The van der Waals surface area contributed by atoms with E-state index in [0.29, 0.717) is 18.4 Å². The highest BCUT2D eigenvalue weighted by molar-refractivity contribution is 5.91. The van der Waals surface area contributed by atoms with Crippen LogP contribution in [0.3, 0.4) is 0 Å². The molecule has 17 heavy (non-hydrogen) atoms. The number of hydrogen-bond acceptors (Lipinski definition) is 2. The first-order valence-corrected chi connectivity index (χ1v) is 5.75. The fourth-order valence-electron chi connectivity index (χ4n) is 2.66. The van der Waals surface area contributed by atoms with E-state index < -0.39 is 23.3 Å². The molecule has 0 fully saturated rings. The molecule has 0 spiro atoms. The molecule has 0 amide bonds. The van der Waals surface area contributed by atoms with E-state index in [9.17, 15) is 19.8 Å². The van der Waals surface area contributed by atoms with Crippen LogP contribution in [0.4, 0.5) is 0 Å². The molecule has 0 heterocycles. The number of rotatable bonds is 4. The van der Waals surface area contributed by atoms with Gasteiger partial charge in [-0.3, -0.25) is 4.79 Å². The first-order chi connectivity index (χ1) is 7.89. The van der Waals surface area contributed by atoms with Gasteiger partial charge in [-0.2, -0.15) is 0 Å². The van der Waals surface area contributed by atoms with Gasteiger partial charge in [-0.05, 0) is 25.8 Å². The van der Waals surface area contributed by atoms with E-state index in [0.717, 1.165) is 0 Å². The summed E-state index contributed by atoms with van der Waals surface area (Å²) in [7, 11) is 0. The number of carbonyl (C=O) groups is 2. The van der Waals surface area contributed by atoms with Gasteiger partial charge in [0.2, 0.25) is 0 Å². The van der Waals surface area contributed by atoms with Crippen molar-refractivity contribution in [2.75, 3.05) is 0 Å². The van der Waals surface area contributed by atoms with Gasteiger partial charge in [0.1, 0.15) is 0 Å². The fourth-order valence-corrected chi connectivity index (χ4v) is 2.66. The van der Waals surface area contributed by atoms with E-state index in [-0.39, 0.29) is 5.57 Å². The quantitative estimate of drug-likeness (QED) is 0.789. The van der Waals surface area contributed by atoms with E-state index in [1.807, 2.05) is 13.8 Å². The van der Waals surface area contributed by atoms with Crippen LogP contribution in [-0.2, 0) is 9.59 Å². The molecule has 2 N–H and O–H groups in total. The summed E-state index contributed by atoms with van der Waals surface area (Å²) in [5, 5.41) is 18.6. The van der Waals surface area contributed by atoms with Crippen molar-refractivity contribution in [3.63, 3.8) is 0 Å². The van der Waals surface area contributed by atoms with Crippen molar-refractivity contribution in [2.24, 2.45) is 11.3 Å². The second kappa shape index (κ2) is 4.73. The zero-order valence-electron chi connectivity index (χ0n) is 10.4. The average molecular weight is 238 g/mol. The third-order valence-electron chi connectivity index (χ3n) is 3.69. The van der Waals surface area contributed by atoms with E-state index in [1.54, 1.807) is 19.1 Å². The zero-order chi connectivity index (χ0) is 13.2. The van der Waals surface area contributed by atoms with Gasteiger partial charge in [0, 0.05) is 11.0 Å². The monoisotopic (exact) mass is 238 g/mol. The standard InChI is InChI=1S/C13H18O4/c1-4-13(5-2)9(11(14)15)6-8(3)7-10(13)12(16)17/h6-7,9H,4-5H2,1-3H3,(H,14,15)(H,16,17). The molecule has 0 aromatic heterocycles. The summed E-state index contributed by atoms with van der Waals surface area (Å²) in [5.41, 5.74) is 0.124. The molecule has 0 saturated heterocycles. The molecule has 0 saturated carbocycles. The lowest BCUT2D eigenvalue weighted by molar-refractivity contribution is -0.144. The number of allylic oxidation sites excluding steroid dienone is 2. The van der Waals surface area contributed by atoms with Crippen molar-refractivity contribution >= 4 is 11.9 Å². The molecule has 1 aliphatic carbocycles. The minimum absolute atomic E-state index is 0.218. The maximum absolute atomic E-state index is 11.3. The molecule has 1 atom stereocenters. The van der Waals surface area contributed by atoms with Crippen LogP contribution < -0.4 is 0 Å². The Morgan fingerprint density at radius 1 is 1.29 bits per heavy atom. The fraction of sp³-hybridized carbons (Fsp3) is 0.538. The number of aliphatic carboxylic acids is 2. The van der Waals surface area contributed by atoms with Crippen molar-refractivity contribution in [3.05, 3.63) is 23.3 Å². The highest BCUT2D eigenvalue weighted by Crippen LogP contribution is 2.46. The first kappa shape index (κ1) is 13.5. The molecule has 0 radical (unpaired) electrons. The Bertz CT molecular complexity index is 400. The van der Waals surface area contributed by atoms with Crippen molar-refractivity contribution < 1.29 is 19.8 Å². The predicted octanol–water partition coefficient (Wildman–Crippen LogP) is 2.46. The Labute approximate surface area is 101 Å². The maximum atomic E-state index is 11.3. The first-order valence-electron chi connectivity index (χ1n) is 5.75. The Morgan fingerprint density at radius 2 is 1.82 bits per heavy atom. The molecule has 0 aromatic rings. The van der Waals surface area contributed by atoms with Crippen molar-refractivity contribution in [1.29, 1.82) is 0 Å². The topological polar surface area (TPSA) is 74.6 Å². The summed E-state index contributed by atoms with van der Waals surface area (Å²) in [4.78, 5) is 22.6. The van der Waals surface area contributed by atoms with Gasteiger partial charge in [-0.1, -0.05) is 25.5 Å². The Balaban J connectivity index is 3.40. The van der Waals surface area contributed by atoms with E-state index in [4.69, 9.17) is 0 Å². The Hall–Kier alpha value is -1.58. The van der Waals surface area contributed by atoms with Gasteiger partial charge in [-0.25, -0.2) is 4.79 Å². The van der Waals surface area contributed by atoms with Crippen LogP contribution in [0.15, 0.2) is 23.3 Å². The molecular weight excluding hydrogens is 220 g/mol. The summed E-state index contributed by atoms with van der Waals surface area (Å²) in [6.45, 7) is 5.41. The second-order valence-corrected chi connectivity index (χ2v) is 4.45. The van der Waals surface area contributed by atoms with E-state index >= 15 is 0 Å². The van der Waals surface area contributed by atoms with Crippen LogP contribution >= 0.6 is 0 Å². The molecule has 1 unspecified atom stereocenters. The van der Waals surface area contributed by atoms with E-state index in [2.05, 4.69) is 0 Å². The third kappa shape index (κ3) is 2.12. The van der Waals surface area contributed by atoms with Gasteiger partial charge in [0.15, 0.2) is 0 Å². The minimum atomic E-state index is -1.02. The molecule has 0 bridgehead atoms. The minimum Gasteiger partial charge on any atom is -0.481 e. The van der Waals surface area contributed by atoms with Gasteiger partial charge in [-0.15, -0.1) is 0 Å². The second-order valence-electron chi connectivity index (χ2n) is 4.45. The highest BCUT2D eigenvalue weighted by Gasteiger charge is 2.46. The normalized spacial score (nSPS) is 22.6. The lowest BCUT2D eigenvalue weighted by Gasteiger charge is -2.39. The van der Waals surface area contributed by atoms with Crippen LogP contribution in [0.2, 0.25) is 0 Å². The van der Waals surface area contributed by atoms with Crippen LogP contribution in [0.25, 0.3) is 0 Å². The number of carboxylic acids is 2. The van der Waals surface area contributed by atoms with Crippen LogP contribution in [0.1, 0.15) is 33.6 Å². The Kier molecular flexibility index (Phi) is 3.76. The highest BCUT2D eigenvalue weighted by atomic mass is 16.4. The molecule has 4 nitrogen and oxygen atoms in total. The SMILES string of the molecule is CCC1(CC)C(C(=O)O)=CC(C)=CC1C(=O)O. The lowest BCUT2D eigenvalue weighted by atomic mass is 9.63. The molecule has 0 aromatic carbocycles. The third-order valence-corrected chi connectivity index (χ3v) is 3.69. The summed E-state index contributed by atoms with van der Waals surface area (Å²) in [6, 6.07) is 0. The molecule has 1 aliphatic rings. The van der Waals surface area contributed by atoms with Gasteiger partial charge in [0.25, 0.3) is 0 Å². The van der Waals surface area contributed by atoms with Crippen molar-refractivity contribution in [3.8, 4) is 0 Å². The maximum Gasteiger partial charge on any atom is 0.332 e. The summed E-state index contributed by atoms with van der Waals surface area (Å²) in [5.74, 6) is -2.74. The van der Waals surface area contributed by atoms with E-state index in [1.165, 1.54) is 0 Å². The summed E-state index contributed by atoms with van der Waals surface area (Å²) >= 11 is 0.